The van der Waals surface area contributed by atoms with E-state index in [1.807, 2.05) is 0 Å². The monoisotopic (exact) mass is 323 g/mol. The maximum absolute atomic E-state index is 12.7. The number of halogens is 1. The Hall–Kier alpha value is -1.17. The zero-order chi connectivity index (χ0) is 15.0. The molecule has 1 fully saturated rings. The van der Waals surface area contributed by atoms with Gasteiger partial charge in [0.1, 0.15) is 0 Å². The van der Waals surface area contributed by atoms with Gasteiger partial charge in [-0.25, -0.2) is 0 Å². The normalized spacial score (nSPS) is 19.4. The van der Waals surface area contributed by atoms with Crippen molar-refractivity contribution in [1.29, 1.82) is 0 Å². The van der Waals surface area contributed by atoms with Crippen LogP contribution in [0, 0.1) is 4.77 Å². The van der Waals surface area contributed by atoms with Crippen molar-refractivity contribution in [1.82, 2.24) is 14.5 Å². The molecule has 2 aromatic rings. The van der Waals surface area contributed by atoms with Crippen LogP contribution in [-0.4, -0.2) is 33.6 Å². The Morgan fingerprint density at radius 2 is 2.29 bits per heavy atom. The Labute approximate surface area is 133 Å². The van der Waals surface area contributed by atoms with E-state index >= 15 is 0 Å². The number of hydrogen-bond acceptors (Lipinski definition) is 3. The van der Waals surface area contributed by atoms with Gasteiger partial charge >= 0.3 is 0 Å². The van der Waals surface area contributed by atoms with Crippen molar-refractivity contribution in [3.8, 4) is 0 Å². The number of benzene rings is 1. The average Bonchev–Trinajstić information content (AvgIpc) is 2.90. The molecule has 112 valence electrons. The van der Waals surface area contributed by atoms with Gasteiger partial charge in [-0.3, -0.25) is 14.3 Å². The SMILES string of the molecule is CCN1CCC[C@@H]1Cn1c(=S)[nH]c2cc(Cl)ccc2c1=O. The maximum Gasteiger partial charge on any atom is 0.262 e. The Balaban J connectivity index is 2.05. The topological polar surface area (TPSA) is 41.0 Å². The highest BCUT2D eigenvalue weighted by atomic mass is 35.5. The molecule has 1 aromatic carbocycles. The van der Waals surface area contributed by atoms with Gasteiger partial charge in [0.25, 0.3) is 5.56 Å². The Morgan fingerprint density at radius 1 is 1.48 bits per heavy atom. The highest BCUT2D eigenvalue weighted by Gasteiger charge is 2.24. The second-order valence-electron chi connectivity index (χ2n) is 5.46. The van der Waals surface area contributed by atoms with E-state index in [1.54, 1.807) is 22.8 Å². The summed E-state index contributed by atoms with van der Waals surface area (Å²) < 4.78 is 2.15. The second kappa shape index (κ2) is 5.91. The van der Waals surface area contributed by atoms with Crippen molar-refractivity contribution in [3.05, 3.63) is 38.3 Å². The smallest absolute Gasteiger partial charge is 0.262 e. The van der Waals surface area contributed by atoms with Crippen LogP contribution < -0.4 is 5.56 Å². The molecule has 6 heteroatoms. The lowest BCUT2D eigenvalue weighted by Crippen LogP contribution is -2.36. The summed E-state index contributed by atoms with van der Waals surface area (Å²) in [5.41, 5.74) is 0.667. The minimum absolute atomic E-state index is 0.0339. The number of likely N-dealkylation sites (tertiary alicyclic amines) is 1. The molecule has 3 rings (SSSR count). The van der Waals surface area contributed by atoms with Crippen LogP contribution in [0.15, 0.2) is 23.0 Å². The second-order valence-corrected chi connectivity index (χ2v) is 6.28. The highest BCUT2D eigenvalue weighted by molar-refractivity contribution is 7.71. The predicted octanol–water partition coefficient (Wildman–Crippen LogP) is 3.20. The summed E-state index contributed by atoms with van der Waals surface area (Å²) in [6.45, 7) is 4.93. The van der Waals surface area contributed by atoms with Gasteiger partial charge in [0, 0.05) is 17.6 Å². The molecule has 1 N–H and O–H groups in total. The van der Waals surface area contributed by atoms with E-state index in [0.717, 1.165) is 19.5 Å². The van der Waals surface area contributed by atoms with Crippen LogP contribution in [0.4, 0.5) is 0 Å². The van der Waals surface area contributed by atoms with Crippen LogP contribution in [0.5, 0.6) is 0 Å². The lowest BCUT2D eigenvalue weighted by Gasteiger charge is -2.23. The third-order valence-electron chi connectivity index (χ3n) is 4.24. The van der Waals surface area contributed by atoms with Crippen LogP contribution in [0.2, 0.25) is 5.02 Å². The molecule has 1 aliphatic heterocycles. The maximum atomic E-state index is 12.7. The molecular formula is C15H18ClN3OS. The highest BCUT2D eigenvalue weighted by Crippen LogP contribution is 2.19. The molecule has 21 heavy (non-hydrogen) atoms. The summed E-state index contributed by atoms with van der Waals surface area (Å²) in [5.74, 6) is 0. The van der Waals surface area contributed by atoms with Crippen molar-refractivity contribution >= 4 is 34.7 Å². The third-order valence-corrected chi connectivity index (χ3v) is 4.80. The van der Waals surface area contributed by atoms with E-state index < -0.39 is 0 Å². The number of likely N-dealkylation sites (N-methyl/N-ethyl adjacent to an activating group) is 1. The number of rotatable bonds is 3. The first-order valence-corrected chi connectivity index (χ1v) is 8.05. The van der Waals surface area contributed by atoms with Gasteiger partial charge in [-0.05, 0) is 56.3 Å². The zero-order valence-corrected chi connectivity index (χ0v) is 13.5. The van der Waals surface area contributed by atoms with E-state index in [0.29, 0.717) is 33.3 Å². The van der Waals surface area contributed by atoms with E-state index in [9.17, 15) is 4.79 Å². The minimum Gasteiger partial charge on any atom is -0.332 e. The molecule has 0 unspecified atom stereocenters. The molecule has 0 bridgehead atoms. The fourth-order valence-electron chi connectivity index (χ4n) is 3.12. The van der Waals surface area contributed by atoms with Crippen molar-refractivity contribution in [2.75, 3.05) is 13.1 Å². The number of fused-ring (bicyclic) bond motifs is 1. The molecule has 1 aromatic heterocycles. The zero-order valence-electron chi connectivity index (χ0n) is 11.9. The summed E-state index contributed by atoms with van der Waals surface area (Å²) in [6.07, 6.45) is 2.31. The lowest BCUT2D eigenvalue weighted by molar-refractivity contribution is 0.241. The summed E-state index contributed by atoms with van der Waals surface area (Å²) in [5, 5.41) is 1.23. The molecule has 2 heterocycles. The number of H-pyrrole nitrogens is 1. The number of nitrogens with one attached hydrogen (secondary N) is 1. The van der Waals surface area contributed by atoms with Crippen molar-refractivity contribution in [3.63, 3.8) is 0 Å². The fraction of sp³-hybridized carbons (Fsp3) is 0.467. The molecule has 0 spiro atoms. The first-order chi connectivity index (χ1) is 10.1. The van der Waals surface area contributed by atoms with Crippen LogP contribution in [0.1, 0.15) is 19.8 Å². The molecule has 1 aliphatic rings. The number of aromatic amines is 1. The summed E-state index contributed by atoms with van der Waals surface area (Å²) in [6, 6.07) is 5.63. The van der Waals surface area contributed by atoms with Gasteiger partial charge < -0.3 is 4.98 Å². The molecule has 0 amide bonds. The van der Waals surface area contributed by atoms with Gasteiger partial charge in [-0.15, -0.1) is 0 Å². The lowest BCUT2D eigenvalue weighted by atomic mass is 10.2. The van der Waals surface area contributed by atoms with E-state index in [1.165, 1.54) is 6.42 Å². The number of nitrogens with zero attached hydrogens (tertiary/aromatic N) is 2. The summed E-state index contributed by atoms with van der Waals surface area (Å²) >= 11 is 11.3. The molecule has 1 atom stereocenters. The largest absolute Gasteiger partial charge is 0.332 e. The van der Waals surface area contributed by atoms with Crippen molar-refractivity contribution < 1.29 is 0 Å². The molecule has 1 saturated heterocycles. The minimum atomic E-state index is -0.0339. The number of aromatic nitrogens is 2. The van der Waals surface area contributed by atoms with Gasteiger partial charge in [0.2, 0.25) is 0 Å². The van der Waals surface area contributed by atoms with Crippen LogP contribution in [-0.2, 0) is 6.54 Å². The predicted molar refractivity (Wildman–Crippen MR) is 88.7 cm³/mol. The average molecular weight is 324 g/mol. The third kappa shape index (κ3) is 2.78. The standard InChI is InChI=1S/C15H18ClN3OS/c1-2-18-7-3-4-11(18)9-19-14(20)12-6-5-10(16)8-13(12)17-15(19)21/h5-6,8,11H,2-4,7,9H2,1H3,(H,17,21)/t11-/m1/s1. The Kier molecular flexibility index (Phi) is 4.15. The quantitative estimate of drug-likeness (QED) is 0.882. The number of hydrogen-bond donors (Lipinski definition) is 1. The van der Waals surface area contributed by atoms with Crippen LogP contribution in [0.25, 0.3) is 10.9 Å². The van der Waals surface area contributed by atoms with Crippen molar-refractivity contribution in [2.24, 2.45) is 0 Å². The Morgan fingerprint density at radius 3 is 3.05 bits per heavy atom. The van der Waals surface area contributed by atoms with Gasteiger partial charge in [0.15, 0.2) is 4.77 Å². The molecule has 0 aliphatic carbocycles. The summed E-state index contributed by atoms with van der Waals surface area (Å²) in [7, 11) is 0. The molecule has 0 radical (unpaired) electrons. The first kappa shape index (κ1) is 14.8. The fourth-order valence-corrected chi connectivity index (χ4v) is 3.56. The molecular weight excluding hydrogens is 306 g/mol. The molecule has 0 saturated carbocycles. The van der Waals surface area contributed by atoms with Gasteiger partial charge in [-0.1, -0.05) is 18.5 Å². The van der Waals surface area contributed by atoms with Gasteiger partial charge in [-0.2, -0.15) is 0 Å². The molecule has 4 nitrogen and oxygen atoms in total. The van der Waals surface area contributed by atoms with E-state index in [2.05, 4.69) is 16.8 Å². The van der Waals surface area contributed by atoms with E-state index in [-0.39, 0.29) is 5.56 Å². The van der Waals surface area contributed by atoms with Crippen LogP contribution >= 0.6 is 23.8 Å². The van der Waals surface area contributed by atoms with Crippen molar-refractivity contribution in [2.45, 2.75) is 32.4 Å². The van der Waals surface area contributed by atoms with E-state index in [4.69, 9.17) is 23.8 Å². The van der Waals surface area contributed by atoms with Crippen LogP contribution in [0.3, 0.4) is 0 Å². The first-order valence-electron chi connectivity index (χ1n) is 7.26. The summed E-state index contributed by atoms with van der Waals surface area (Å²) in [4.78, 5) is 18.2. The van der Waals surface area contributed by atoms with Gasteiger partial charge in [0.05, 0.1) is 10.9 Å². The Bertz CT molecular complexity index is 783.